The van der Waals surface area contributed by atoms with Crippen molar-refractivity contribution in [3.05, 3.63) is 48.6 Å². The van der Waals surface area contributed by atoms with Crippen LogP contribution >= 0.6 is 7.82 Å². The third kappa shape index (κ3) is 13.0. The van der Waals surface area contributed by atoms with Crippen LogP contribution in [0.25, 0.3) is 0 Å². The Bertz CT molecular complexity index is 1040. The Morgan fingerprint density at radius 1 is 1.26 bits per heavy atom. The minimum Gasteiger partial charge on any atom is -0.462 e. The van der Waals surface area contributed by atoms with Crippen LogP contribution in [0, 0.1) is 17.8 Å². The van der Waals surface area contributed by atoms with E-state index >= 15 is 0 Å². The lowest BCUT2D eigenvalue weighted by Crippen LogP contribution is -2.45. The molecule has 1 aliphatic heterocycles. The first kappa shape index (κ1) is 36.1. The zero-order valence-electron chi connectivity index (χ0n) is 24.8. The summed E-state index contributed by atoms with van der Waals surface area (Å²) in [5.74, 6) is -0.414. The van der Waals surface area contributed by atoms with Crippen molar-refractivity contribution in [3.8, 4) is 0 Å². The van der Waals surface area contributed by atoms with Gasteiger partial charge in [0.2, 0.25) is 0 Å². The average molecular weight is 614 g/mol. The maximum Gasteiger partial charge on any atom is 0.469 e. The predicted molar refractivity (Wildman–Crippen MR) is 158 cm³/mol. The fraction of sp³-hybridized carbons (Fsp3) is 0.667. The van der Waals surface area contributed by atoms with E-state index in [9.17, 15) is 34.2 Å². The summed E-state index contributed by atoms with van der Waals surface area (Å²) < 4.78 is 27.7. The van der Waals surface area contributed by atoms with Crippen LogP contribution in [0.2, 0.25) is 0 Å². The maximum absolute atomic E-state index is 12.0. The molecule has 0 aromatic carbocycles. The third-order valence-electron chi connectivity index (χ3n) is 7.39. The first-order chi connectivity index (χ1) is 19.7. The van der Waals surface area contributed by atoms with Gasteiger partial charge >= 0.3 is 19.8 Å². The molecule has 2 aliphatic rings. The van der Waals surface area contributed by atoms with Crippen molar-refractivity contribution in [2.45, 2.75) is 102 Å². The highest BCUT2D eigenvalue weighted by Gasteiger charge is 2.40. The van der Waals surface area contributed by atoms with Crippen molar-refractivity contribution >= 4 is 19.8 Å². The van der Waals surface area contributed by atoms with Crippen LogP contribution in [0.15, 0.2) is 48.6 Å². The molecular weight excluding hydrogens is 565 g/mol. The number of carbonyl (C=O) groups excluding carboxylic acids is 2. The normalized spacial score (nSPS) is 26.5. The molecule has 2 rings (SSSR count). The molecular formula is C30H48NO10P. The Kier molecular flexibility index (Phi) is 14.8. The number of cyclic esters (lactones) is 1. The molecule has 1 fully saturated rings. The molecule has 0 aromatic heterocycles. The first-order valence-electron chi connectivity index (χ1n) is 14.7. The van der Waals surface area contributed by atoms with Gasteiger partial charge in [-0.05, 0) is 63.0 Å². The van der Waals surface area contributed by atoms with Crippen molar-refractivity contribution in [1.29, 1.82) is 0 Å². The topological polar surface area (TPSA) is 186 Å². The number of rotatable bonds is 16. The summed E-state index contributed by atoms with van der Waals surface area (Å²) >= 11 is 0. The van der Waals surface area contributed by atoms with Crippen molar-refractivity contribution < 1.29 is 48.2 Å². The van der Waals surface area contributed by atoms with Gasteiger partial charge in [-0.25, -0.2) is 9.36 Å². The van der Waals surface area contributed by atoms with E-state index in [1.165, 1.54) is 24.3 Å². The number of phosphoric ester groups is 1. The summed E-state index contributed by atoms with van der Waals surface area (Å²) in [5, 5.41) is 22.1. The van der Waals surface area contributed by atoms with E-state index in [2.05, 4.69) is 0 Å². The second-order valence-corrected chi connectivity index (χ2v) is 12.7. The highest BCUT2D eigenvalue weighted by molar-refractivity contribution is 7.46. The van der Waals surface area contributed by atoms with Gasteiger partial charge in [0.25, 0.3) is 0 Å². The van der Waals surface area contributed by atoms with Crippen molar-refractivity contribution in [2.75, 3.05) is 6.54 Å². The monoisotopic (exact) mass is 613 g/mol. The van der Waals surface area contributed by atoms with E-state index in [0.29, 0.717) is 12.8 Å². The highest BCUT2D eigenvalue weighted by Crippen LogP contribution is 2.42. The van der Waals surface area contributed by atoms with E-state index in [0.717, 1.165) is 25.7 Å². The number of nitrogens with two attached hydrogens (primary N) is 1. The van der Waals surface area contributed by atoms with Gasteiger partial charge in [-0.1, -0.05) is 57.2 Å². The summed E-state index contributed by atoms with van der Waals surface area (Å²) in [7, 11) is -5.07. The van der Waals surface area contributed by atoms with Crippen LogP contribution in [0.3, 0.4) is 0 Å². The highest BCUT2D eigenvalue weighted by atomic mass is 31.2. The number of carbonyl (C=O) groups is 2. The average Bonchev–Trinajstić information content (AvgIpc) is 2.89. The molecule has 0 amide bonds. The lowest BCUT2D eigenvalue weighted by Gasteiger charge is -2.35. The van der Waals surface area contributed by atoms with Crippen LogP contribution in [0.1, 0.15) is 72.1 Å². The number of hydrogen-bond donors (Lipinski definition) is 5. The van der Waals surface area contributed by atoms with Gasteiger partial charge in [-0.15, -0.1) is 0 Å². The second kappa shape index (κ2) is 17.3. The second-order valence-electron chi connectivity index (χ2n) is 11.5. The Morgan fingerprint density at radius 2 is 2.00 bits per heavy atom. The summed E-state index contributed by atoms with van der Waals surface area (Å²) in [6.45, 7) is 5.81. The minimum atomic E-state index is -5.07. The summed E-state index contributed by atoms with van der Waals surface area (Å²) in [6, 6.07) is 0. The summed E-state index contributed by atoms with van der Waals surface area (Å²) in [6.07, 6.45) is 13.0. The molecule has 1 aliphatic carbocycles. The fourth-order valence-corrected chi connectivity index (χ4v) is 5.81. The SMILES string of the molecule is CC[C@H]1C=CC(=O)O[C@H]1/C=C/[C@](O)(CCN)[C@H](C[C@@H](O)/C=C\C=C/[C@@H]1CCC[C@H](OC(=O)CC(C)C)C1)OP(=O)(O)O. The fourth-order valence-electron chi connectivity index (χ4n) is 5.21. The molecule has 238 valence electrons. The maximum atomic E-state index is 12.0. The molecule has 0 bridgehead atoms. The van der Waals surface area contributed by atoms with E-state index in [1.54, 1.807) is 18.2 Å². The number of allylic oxidation sites excluding steroid dienone is 3. The summed E-state index contributed by atoms with van der Waals surface area (Å²) in [4.78, 5) is 42.9. The van der Waals surface area contributed by atoms with Crippen molar-refractivity contribution in [1.82, 2.24) is 0 Å². The minimum absolute atomic E-state index is 0.0484. The zero-order valence-corrected chi connectivity index (χ0v) is 25.7. The van der Waals surface area contributed by atoms with Crippen LogP contribution in [0.4, 0.5) is 0 Å². The summed E-state index contributed by atoms with van der Waals surface area (Å²) in [5.41, 5.74) is 3.73. The van der Waals surface area contributed by atoms with Gasteiger partial charge in [0.1, 0.15) is 23.9 Å². The lowest BCUT2D eigenvalue weighted by atomic mass is 9.86. The van der Waals surface area contributed by atoms with Crippen molar-refractivity contribution in [2.24, 2.45) is 23.5 Å². The smallest absolute Gasteiger partial charge is 0.462 e. The molecule has 0 aromatic rings. The van der Waals surface area contributed by atoms with Gasteiger partial charge in [0.05, 0.1) is 6.10 Å². The zero-order chi connectivity index (χ0) is 31.3. The molecule has 0 unspecified atom stereocenters. The molecule has 1 heterocycles. The molecule has 11 nitrogen and oxygen atoms in total. The Labute approximate surface area is 248 Å². The quantitative estimate of drug-likeness (QED) is 0.0741. The largest absolute Gasteiger partial charge is 0.469 e. The van der Waals surface area contributed by atoms with Crippen LogP contribution in [-0.4, -0.2) is 68.5 Å². The molecule has 1 saturated carbocycles. The Hall–Kier alpha value is -2.11. The standard InChI is InChI=1S/C30H48NO10P/c1-4-23-12-13-28(33)40-26(23)14-15-30(35,16-17-31)27(41-42(36,37)38)20-24(32)10-6-5-8-22-9-7-11-25(19-22)39-29(34)18-21(2)3/h5-6,8,10,12-15,21-27,32,35H,4,7,9,11,16-20,31H2,1-3H3,(H2,36,37,38)/b8-5-,10-6-,15-14+/t22-,23+,24+,25+,26+,27+,30+/m1/s1. The number of ether oxygens (including phenoxy) is 2. The molecule has 0 radical (unpaired) electrons. The molecule has 42 heavy (non-hydrogen) atoms. The van der Waals surface area contributed by atoms with E-state index < -0.39 is 37.7 Å². The van der Waals surface area contributed by atoms with E-state index in [1.807, 2.05) is 26.8 Å². The lowest BCUT2D eigenvalue weighted by molar-refractivity contribution is -0.152. The third-order valence-corrected chi connectivity index (χ3v) is 7.92. The number of phosphoric acid groups is 1. The van der Waals surface area contributed by atoms with Crippen LogP contribution < -0.4 is 5.73 Å². The van der Waals surface area contributed by atoms with Crippen molar-refractivity contribution in [3.63, 3.8) is 0 Å². The van der Waals surface area contributed by atoms with E-state index in [4.69, 9.17) is 19.7 Å². The molecule has 7 atom stereocenters. The number of aliphatic hydroxyl groups is 2. The molecule has 12 heteroatoms. The Morgan fingerprint density at radius 3 is 2.64 bits per heavy atom. The molecule has 6 N–H and O–H groups in total. The Balaban J connectivity index is 2.08. The first-order valence-corrected chi connectivity index (χ1v) is 16.2. The molecule has 0 saturated heterocycles. The van der Waals surface area contributed by atoms with E-state index in [-0.39, 0.29) is 49.2 Å². The van der Waals surface area contributed by atoms with Gasteiger partial charge in [-0.2, -0.15) is 0 Å². The van der Waals surface area contributed by atoms with Gasteiger partial charge in [0.15, 0.2) is 0 Å². The number of esters is 2. The predicted octanol–water partition coefficient (Wildman–Crippen LogP) is 3.62. The number of hydrogen-bond acceptors (Lipinski definition) is 9. The number of aliphatic hydroxyl groups excluding tert-OH is 1. The van der Waals surface area contributed by atoms with Crippen LogP contribution in [0.5, 0.6) is 0 Å². The van der Waals surface area contributed by atoms with Crippen LogP contribution in [-0.2, 0) is 28.2 Å². The van der Waals surface area contributed by atoms with Gasteiger partial charge < -0.3 is 35.2 Å². The van der Waals surface area contributed by atoms with Gasteiger partial charge in [0, 0.05) is 24.8 Å². The van der Waals surface area contributed by atoms with Gasteiger partial charge in [-0.3, -0.25) is 9.32 Å². The molecule has 0 spiro atoms.